The smallest absolute Gasteiger partial charge is 1.00 e. The zero-order valence-electron chi connectivity index (χ0n) is 9.71. The van der Waals surface area contributed by atoms with Gasteiger partial charge in [0.2, 0.25) is 0 Å². The average Bonchev–Trinajstić information content (AvgIpc) is 2.30. The first-order valence-corrected chi connectivity index (χ1v) is 4.16. The molecule has 2 aromatic rings. The molecule has 0 N–H and O–H groups in total. The summed E-state index contributed by atoms with van der Waals surface area (Å²) in [5, 5.41) is 0. The quantitative estimate of drug-likeness (QED) is 0.577. The Morgan fingerprint density at radius 2 is 1.67 bits per heavy atom. The van der Waals surface area contributed by atoms with Crippen LogP contribution in [-0.4, -0.2) is 22.1 Å². The van der Waals surface area contributed by atoms with Crippen molar-refractivity contribution < 1.29 is 35.7 Å². The maximum atomic E-state index is 5.05. The molecule has 0 aliphatic rings. The number of nitrogens with zero attached hydrogens (tertiary/aromatic N) is 3. The minimum atomic E-state index is 0. The Bertz CT molecular complexity index is 410. The number of ether oxygens (including phenoxy) is 1. The minimum absolute atomic E-state index is 0. The van der Waals surface area contributed by atoms with Crippen LogP contribution in [0.15, 0.2) is 36.9 Å². The third-order valence-corrected chi connectivity index (χ3v) is 1.84. The molecule has 1 aromatic carbocycles. The molecule has 1 heterocycles. The van der Waals surface area contributed by atoms with Crippen LogP contribution in [0.4, 0.5) is 0 Å². The normalized spacial score (nSPS) is 9.13. The zero-order valence-corrected chi connectivity index (χ0v) is 10.7. The van der Waals surface area contributed by atoms with E-state index in [0.29, 0.717) is 5.82 Å². The van der Waals surface area contributed by atoms with Crippen molar-refractivity contribution in [3.05, 3.63) is 36.9 Å². The number of hydrogen-bond acceptors (Lipinski definition) is 4. The zero-order chi connectivity index (χ0) is 9.80. The van der Waals surface area contributed by atoms with Crippen LogP contribution in [-0.2, 0) is 0 Å². The Kier molecular flexibility index (Phi) is 4.68. The van der Waals surface area contributed by atoms with Crippen molar-refractivity contribution in [3.8, 4) is 17.1 Å². The molecule has 0 radical (unpaired) electrons. The summed E-state index contributed by atoms with van der Waals surface area (Å²) in [5.41, 5.74) is 0.952. The molecule has 0 aliphatic heterocycles. The SMILES string of the molecule is COc1ccc(-c2ncncn2)cc1.[H-].[Na+]. The van der Waals surface area contributed by atoms with Gasteiger partial charge in [-0.2, -0.15) is 0 Å². The minimum Gasteiger partial charge on any atom is -1.00 e. The van der Waals surface area contributed by atoms with E-state index in [1.165, 1.54) is 12.7 Å². The van der Waals surface area contributed by atoms with Crippen molar-refractivity contribution in [2.24, 2.45) is 0 Å². The van der Waals surface area contributed by atoms with Gasteiger partial charge < -0.3 is 6.16 Å². The molecule has 4 nitrogen and oxygen atoms in total. The van der Waals surface area contributed by atoms with Crippen LogP contribution in [0.3, 0.4) is 0 Å². The maximum absolute atomic E-state index is 5.05. The molecule has 0 saturated carbocycles. The Labute approximate surface area is 112 Å². The second kappa shape index (κ2) is 5.80. The van der Waals surface area contributed by atoms with Crippen molar-refractivity contribution in [2.45, 2.75) is 0 Å². The molecule has 0 amide bonds. The average molecular weight is 211 g/mol. The molecule has 1 aromatic heterocycles. The van der Waals surface area contributed by atoms with Gasteiger partial charge in [-0.05, 0) is 24.3 Å². The van der Waals surface area contributed by atoms with Gasteiger partial charge in [-0.25, -0.2) is 15.0 Å². The van der Waals surface area contributed by atoms with E-state index in [0.717, 1.165) is 11.3 Å². The molecular weight excluding hydrogens is 201 g/mol. The van der Waals surface area contributed by atoms with Gasteiger partial charge in [0.1, 0.15) is 18.4 Å². The van der Waals surface area contributed by atoms with E-state index >= 15 is 0 Å². The summed E-state index contributed by atoms with van der Waals surface area (Å²) >= 11 is 0. The Hall–Kier alpha value is -0.970. The van der Waals surface area contributed by atoms with E-state index in [4.69, 9.17) is 4.74 Å². The molecule has 0 aliphatic carbocycles. The predicted molar refractivity (Wildman–Crippen MR) is 52.9 cm³/mol. The van der Waals surface area contributed by atoms with E-state index in [1.807, 2.05) is 24.3 Å². The van der Waals surface area contributed by atoms with Gasteiger partial charge >= 0.3 is 29.6 Å². The fourth-order valence-electron chi connectivity index (χ4n) is 1.13. The van der Waals surface area contributed by atoms with Crippen LogP contribution in [0.5, 0.6) is 5.75 Å². The van der Waals surface area contributed by atoms with Gasteiger partial charge in [0, 0.05) is 5.56 Å². The van der Waals surface area contributed by atoms with Gasteiger partial charge in [0.25, 0.3) is 0 Å². The molecule has 0 atom stereocenters. The Morgan fingerprint density at radius 3 is 2.20 bits per heavy atom. The number of hydrogen-bond donors (Lipinski definition) is 0. The van der Waals surface area contributed by atoms with E-state index in [-0.39, 0.29) is 31.0 Å². The van der Waals surface area contributed by atoms with E-state index in [2.05, 4.69) is 15.0 Å². The fourth-order valence-corrected chi connectivity index (χ4v) is 1.13. The molecule has 0 unspecified atom stereocenters. The molecule has 5 heteroatoms. The van der Waals surface area contributed by atoms with Crippen LogP contribution in [0, 0.1) is 0 Å². The first kappa shape index (κ1) is 12.1. The fraction of sp³-hybridized carbons (Fsp3) is 0.100. The largest absolute Gasteiger partial charge is 1.00 e. The number of rotatable bonds is 2. The molecule has 0 saturated heterocycles. The molecule has 2 rings (SSSR count). The van der Waals surface area contributed by atoms with Gasteiger partial charge in [0.15, 0.2) is 5.82 Å². The third-order valence-electron chi connectivity index (χ3n) is 1.84. The first-order chi connectivity index (χ1) is 6.90. The second-order valence-corrected chi connectivity index (χ2v) is 2.69. The van der Waals surface area contributed by atoms with Gasteiger partial charge in [-0.3, -0.25) is 0 Å². The summed E-state index contributed by atoms with van der Waals surface area (Å²) in [4.78, 5) is 11.8. The van der Waals surface area contributed by atoms with E-state index < -0.39 is 0 Å². The standard InChI is InChI=1S/C10H9N3O.Na.H/c1-14-9-4-2-8(3-5-9)10-12-6-11-7-13-10;;/h2-7H,1H3;;/q;+1;-1. The molecule has 0 spiro atoms. The maximum Gasteiger partial charge on any atom is 1.00 e. The predicted octanol–water partition coefficient (Wildman–Crippen LogP) is -1.34. The summed E-state index contributed by atoms with van der Waals surface area (Å²) < 4.78 is 5.05. The molecular formula is C10H10N3NaO. The summed E-state index contributed by atoms with van der Waals surface area (Å²) in [6, 6.07) is 7.57. The number of methoxy groups -OCH3 is 1. The van der Waals surface area contributed by atoms with Gasteiger partial charge in [-0.1, -0.05) is 0 Å². The van der Waals surface area contributed by atoms with Crippen LogP contribution in [0.2, 0.25) is 0 Å². The van der Waals surface area contributed by atoms with Crippen molar-refractivity contribution in [2.75, 3.05) is 7.11 Å². The van der Waals surface area contributed by atoms with Crippen LogP contribution >= 0.6 is 0 Å². The van der Waals surface area contributed by atoms with E-state index in [9.17, 15) is 0 Å². The topological polar surface area (TPSA) is 47.9 Å². The summed E-state index contributed by atoms with van der Waals surface area (Å²) in [7, 11) is 1.64. The van der Waals surface area contributed by atoms with Crippen molar-refractivity contribution >= 4 is 0 Å². The van der Waals surface area contributed by atoms with Crippen molar-refractivity contribution in [3.63, 3.8) is 0 Å². The first-order valence-electron chi connectivity index (χ1n) is 4.16. The number of aromatic nitrogens is 3. The van der Waals surface area contributed by atoms with Crippen LogP contribution in [0.1, 0.15) is 1.43 Å². The Balaban J connectivity index is 0.00000112. The second-order valence-electron chi connectivity index (χ2n) is 2.69. The van der Waals surface area contributed by atoms with Gasteiger partial charge in [-0.15, -0.1) is 0 Å². The summed E-state index contributed by atoms with van der Waals surface area (Å²) in [5.74, 6) is 1.49. The Morgan fingerprint density at radius 1 is 1.07 bits per heavy atom. The summed E-state index contributed by atoms with van der Waals surface area (Å²) in [6.45, 7) is 0. The monoisotopic (exact) mass is 211 g/mol. The van der Waals surface area contributed by atoms with Crippen LogP contribution < -0.4 is 34.3 Å². The van der Waals surface area contributed by atoms with Crippen molar-refractivity contribution in [1.29, 1.82) is 0 Å². The molecule has 0 bridgehead atoms. The number of benzene rings is 1. The summed E-state index contributed by atoms with van der Waals surface area (Å²) in [6.07, 6.45) is 2.96. The third kappa shape index (κ3) is 2.99. The van der Waals surface area contributed by atoms with Crippen molar-refractivity contribution in [1.82, 2.24) is 15.0 Å². The van der Waals surface area contributed by atoms with Gasteiger partial charge in [0.05, 0.1) is 7.11 Å². The van der Waals surface area contributed by atoms with E-state index in [1.54, 1.807) is 7.11 Å². The van der Waals surface area contributed by atoms with Crippen LogP contribution in [0.25, 0.3) is 11.4 Å². The molecule has 72 valence electrons. The molecule has 15 heavy (non-hydrogen) atoms. The molecule has 0 fully saturated rings.